The third-order valence-electron chi connectivity index (χ3n) is 1.63. The Morgan fingerprint density at radius 1 is 1.33 bits per heavy atom. The molecule has 1 heteroatoms. The minimum absolute atomic E-state index is 0.0519. The van der Waals surface area contributed by atoms with E-state index in [0.717, 1.165) is 11.3 Å². The first-order valence-corrected chi connectivity index (χ1v) is 4.15. The van der Waals surface area contributed by atoms with E-state index in [0.29, 0.717) is 0 Å². The van der Waals surface area contributed by atoms with E-state index in [9.17, 15) is 0 Å². The second kappa shape index (κ2) is 4.15. The molecule has 0 saturated carbocycles. The Labute approximate surface area is 75.7 Å². The van der Waals surface area contributed by atoms with Crippen LogP contribution in [-0.2, 0) is 0 Å². The lowest BCUT2D eigenvalue weighted by molar-refractivity contribution is 0.497. The van der Waals surface area contributed by atoms with E-state index < -0.39 is 0 Å². The van der Waals surface area contributed by atoms with Gasteiger partial charge in [-0.1, -0.05) is 39.5 Å². The maximum atomic E-state index is 5.87. The molecule has 0 rings (SSSR count). The molecule has 0 aromatic heterocycles. The molecule has 68 valence electrons. The van der Waals surface area contributed by atoms with E-state index >= 15 is 0 Å². The second-order valence-electron chi connectivity index (χ2n) is 4.00. The predicted octanol–water partition coefficient (Wildman–Crippen LogP) is 3.01. The van der Waals surface area contributed by atoms with Crippen molar-refractivity contribution >= 4 is 0 Å². The highest BCUT2D eigenvalue weighted by molar-refractivity contribution is 5.25. The molecule has 0 aliphatic heterocycles. The molecule has 0 radical (unpaired) electrons. The van der Waals surface area contributed by atoms with Gasteiger partial charge in [-0.2, -0.15) is 0 Å². The SMILES string of the molecule is C=C/C=C(C)\C=C(/N)C(C)(C)C. The summed E-state index contributed by atoms with van der Waals surface area (Å²) in [5.74, 6) is 0. The maximum absolute atomic E-state index is 5.87. The van der Waals surface area contributed by atoms with E-state index in [1.165, 1.54) is 0 Å². The summed E-state index contributed by atoms with van der Waals surface area (Å²) >= 11 is 0. The van der Waals surface area contributed by atoms with Gasteiger partial charge in [-0.15, -0.1) is 0 Å². The lowest BCUT2D eigenvalue weighted by atomic mass is 9.91. The molecular formula is C11H19N. The topological polar surface area (TPSA) is 26.0 Å². The van der Waals surface area contributed by atoms with Gasteiger partial charge in [-0.25, -0.2) is 0 Å². The van der Waals surface area contributed by atoms with Crippen LogP contribution < -0.4 is 5.73 Å². The van der Waals surface area contributed by atoms with Crippen LogP contribution in [0.4, 0.5) is 0 Å². The first-order chi connectivity index (χ1) is 5.38. The Kier molecular flexibility index (Phi) is 3.81. The lowest BCUT2D eigenvalue weighted by Gasteiger charge is -2.18. The van der Waals surface area contributed by atoms with E-state index in [2.05, 4.69) is 27.4 Å². The molecule has 0 spiro atoms. The normalized spacial score (nSPS) is 14.7. The van der Waals surface area contributed by atoms with Crippen molar-refractivity contribution in [2.45, 2.75) is 27.7 Å². The summed E-state index contributed by atoms with van der Waals surface area (Å²) in [6.07, 6.45) is 5.70. The van der Waals surface area contributed by atoms with Crippen molar-refractivity contribution in [3.63, 3.8) is 0 Å². The van der Waals surface area contributed by atoms with Crippen molar-refractivity contribution in [1.82, 2.24) is 0 Å². The minimum atomic E-state index is 0.0519. The summed E-state index contributed by atoms with van der Waals surface area (Å²) in [7, 11) is 0. The van der Waals surface area contributed by atoms with Gasteiger partial charge >= 0.3 is 0 Å². The maximum Gasteiger partial charge on any atom is 0.0138 e. The fraction of sp³-hybridized carbons (Fsp3) is 0.455. The van der Waals surface area contributed by atoms with Crippen LogP contribution in [0, 0.1) is 5.41 Å². The van der Waals surface area contributed by atoms with Gasteiger partial charge in [-0.3, -0.25) is 0 Å². The molecule has 0 atom stereocenters. The van der Waals surface area contributed by atoms with Crippen LogP contribution in [0.15, 0.2) is 36.1 Å². The van der Waals surface area contributed by atoms with Crippen LogP contribution in [-0.4, -0.2) is 0 Å². The fourth-order valence-corrected chi connectivity index (χ4v) is 0.696. The summed E-state index contributed by atoms with van der Waals surface area (Å²) < 4.78 is 0. The molecule has 0 aromatic carbocycles. The van der Waals surface area contributed by atoms with Crippen LogP contribution in [0.2, 0.25) is 0 Å². The summed E-state index contributed by atoms with van der Waals surface area (Å²) in [6, 6.07) is 0. The van der Waals surface area contributed by atoms with Crippen LogP contribution in [0.5, 0.6) is 0 Å². The Morgan fingerprint density at radius 2 is 1.83 bits per heavy atom. The lowest BCUT2D eigenvalue weighted by Crippen LogP contribution is -2.16. The van der Waals surface area contributed by atoms with Crippen molar-refractivity contribution in [2.75, 3.05) is 0 Å². The van der Waals surface area contributed by atoms with Crippen LogP contribution >= 0.6 is 0 Å². The monoisotopic (exact) mass is 165 g/mol. The van der Waals surface area contributed by atoms with E-state index in [1.54, 1.807) is 6.08 Å². The van der Waals surface area contributed by atoms with Gasteiger partial charge in [0.15, 0.2) is 0 Å². The van der Waals surface area contributed by atoms with Crippen molar-refractivity contribution in [1.29, 1.82) is 0 Å². The van der Waals surface area contributed by atoms with Crippen molar-refractivity contribution in [2.24, 2.45) is 11.1 Å². The quantitative estimate of drug-likeness (QED) is 0.625. The first kappa shape index (κ1) is 11.0. The number of allylic oxidation sites excluding steroid dienone is 5. The standard InChI is InChI=1S/C11H19N/c1-6-7-9(2)8-10(12)11(3,4)5/h6-8H,1,12H2,2-5H3/b9-7-,10-8-. The Balaban J connectivity index is 4.57. The van der Waals surface area contributed by atoms with Crippen molar-refractivity contribution in [3.8, 4) is 0 Å². The van der Waals surface area contributed by atoms with E-state index in [4.69, 9.17) is 5.73 Å². The number of rotatable bonds is 2. The third-order valence-corrected chi connectivity index (χ3v) is 1.63. The Hall–Kier alpha value is -0.980. The molecule has 0 saturated heterocycles. The van der Waals surface area contributed by atoms with Gasteiger partial charge < -0.3 is 5.73 Å². The molecule has 0 heterocycles. The third kappa shape index (κ3) is 4.02. The molecule has 12 heavy (non-hydrogen) atoms. The summed E-state index contributed by atoms with van der Waals surface area (Å²) in [5.41, 5.74) is 7.96. The van der Waals surface area contributed by atoms with Crippen molar-refractivity contribution in [3.05, 3.63) is 36.1 Å². The zero-order valence-electron chi connectivity index (χ0n) is 8.52. The molecule has 2 N–H and O–H groups in total. The highest BCUT2D eigenvalue weighted by Crippen LogP contribution is 2.21. The molecule has 0 aliphatic carbocycles. The van der Waals surface area contributed by atoms with E-state index in [1.807, 2.05) is 19.1 Å². The molecule has 1 nitrogen and oxygen atoms in total. The number of hydrogen-bond donors (Lipinski definition) is 1. The smallest absolute Gasteiger partial charge is 0.0138 e. The summed E-state index contributed by atoms with van der Waals surface area (Å²) in [4.78, 5) is 0. The van der Waals surface area contributed by atoms with Crippen molar-refractivity contribution < 1.29 is 0 Å². The Bertz CT molecular complexity index is 214. The van der Waals surface area contributed by atoms with Crippen LogP contribution in [0.1, 0.15) is 27.7 Å². The van der Waals surface area contributed by atoms with E-state index in [-0.39, 0.29) is 5.41 Å². The average Bonchev–Trinajstić information content (AvgIpc) is 1.85. The summed E-state index contributed by atoms with van der Waals surface area (Å²) in [5, 5.41) is 0. The molecule has 0 aromatic rings. The molecule has 0 amide bonds. The Morgan fingerprint density at radius 3 is 2.17 bits per heavy atom. The van der Waals surface area contributed by atoms with Gasteiger partial charge in [-0.05, 0) is 18.6 Å². The zero-order valence-corrected chi connectivity index (χ0v) is 8.52. The molecule has 0 aliphatic rings. The van der Waals surface area contributed by atoms with Gasteiger partial charge in [0.05, 0.1) is 0 Å². The van der Waals surface area contributed by atoms with Crippen LogP contribution in [0.3, 0.4) is 0 Å². The molecule has 0 unspecified atom stereocenters. The molecular weight excluding hydrogens is 146 g/mol. The fourth-order valence-electron chi connectivity index (χ4n) is 0.696. The minimum Gasteiger partial charge on any atom is -0.402 e. The predicted molar refractivity (Wildman–Crippen MR) is 55.7 cm³/mol. The highest BCUT2D eigenvalue weighted by Gasteiger charge is 2.12. The van der Waals surface area contributed by atoms with Gasteiger partial charge in [0, 0.05) is 11.1 Å². The van der Waals surface area contributed by atoms with Gasteiger partial charge in [0.2, 0.25) is 0 Å². The summed E-state index contributed by atoms with van der Waals surface area (Å²) in [6.45, 7) is 11.9. The van der Waals surface area contributed by atoms with Gasteiger partial charge in [0.25, 0.3) is 0 Å². The molecule has 0 fully saturated rings. The van der Waals surface area contributed by atoms with Gasteiger partial charge in [0.1, 0.15) is 0 Å². The number of nitrogens with two attached hydrogens (primary N) is 1. The average molecular weight is 165 g/mol. The highest BCUT2D eigenvalue weighted by atomic mass is 14.6. The second-order valence-corrected chi connectivity index (χ2v) is 4.00. The molecule has 0 bridgehead atoms. The number of hydrogen-bond acceptors (Lipinski definition) is 1. The van der Waals surface area contributed by atoms with Crippen LogP contribution in [0.25, 0.3) is 0 Å². The first-order valence-electron chi connectivity index (χ1n) is 4.15. The largest absolute Gasteiger partial charge is 0.402 e. The zero-order chi connectivity index (χ0) is 9.78.